The summed E-state index contributed by atoms with van der Waals surface area (Å²) in [5, 5.41) is 6.73. The average Bonchev–Trinajstić information content (AvgIpc) is 2.55. The lowest BCUT2D eigenvalue weighted by molar-refractivity contribution is 0.254. The SMILES string of the molecule is CCC(C)N(C(=S)Nc1cccc2ccccc12)C(C)CC. The summed E-state index contributed by atoms with van der Waals surface area (Å²) in [4.78, 5) is 2.33. The Bertz CT molecular complexity index is 623. The molecule has 0 amide bonds. The number of hydrogen-bond acceptors (Lipinski definition) is 1. The minimum Gasteiger partial charge on any atom is -0.344 e. The molecule has 0 aliphatic heterocycles. The lowest BCUT2D eigenvalue weighted by atomic mass is 10.1. The van der Waals surface area contributed by atoms with Gasteiger partial charge in [0.1, 0.15) is 0 Å². The van der Waals surface area contributed by atoms with Gasteiger partial charge in [-0.2, -0.15) is 0 Å². The predicted molar refractivity (Wildman–Crippen MR) is 102 cm³/mol. The molecule has 1 N–H and O–H groups in total. The molecule has 0 spiro atoms. The quantitative estimate of drug-likeness (QED) is 0.740. The molecule has 0 bridgehead atoms. The van der Waals surface area contributed by atoms with Gasteiger partial charge in [0, 0.05) is 23.2 Å². The average molecular weight is 314 g/mol. The van der Waals surface area contributed by atoms with Gasteiger partial charge in [0.25, 0.3) is 0 Å². The molecular formula is C19H26N2S. The van der Waals surface area contributed by atoms with Crippen molar-refractivity contribution in [3.63, 3.8) is 0 Å². The Morgan fingerprint density at radius 2 is 1.59 bits per heavy atom. The van der Waals surface area contributed by atoms with Gasteiger partial charge in [-0.15, -0.1) is 0 Å². The summed E-state index contributed by atoms with van der Waals surface area (Å²) in [6.45, 7) is 8.90. The largest absolute Gasteiger partial charge is 0.344 e. The van der Waals surface area contributed by atoms with Crippen molar-refractivity contribution in [3.8, 4) is 0 Å². The Morgan fingerprint density at radius 3 is 2.23 bits per heavy atom. The molecule has 0 fully saturated rings. The highest BCUT2D eigenvalue weighted by atomic mass is 32.1. The lowest BCUT2D eigenvalue weighted by Crippen LogP contribution is -2.46. The summed E-state index contributed by atoms with van der Waals surface area (Å²) >= 11 is 5.72. The van der Waals surface area contributed by atoms with Gasteiger partial charge in [0.05, 0.1) is 0 Å². The Morgan fingerprint density at radius 1 is 1.00 bits per heavy atom. The van der Waals surface area contributed by atoms with Crippen molar-refractivity contribution in [2.45, 2.75) is 52.6 Å². The smallest absolute Gasteiger partial charge is 0.173 e. The first kappa shape index (κ1) is 16.8. The summed E-state index contributed by atoms with van der Waals surface area (Å²) in [5.74, 6) is 0. The maximum Gasteiger partial charge on any atom is 0.173 e. The van der Waals surface area contributed by atoms with Crippen molar-refractivity contribution in [1.29, 1.82) is 0 Å². The molecule has 2 nitrogen and oxygen atoms in total. The van der Waals surface area contributed by atoms with Crippen LogP contribution in [0.15, 0.2) is 42.5 Å². The zero-order chi connectivity index (χ0) is 16.1. The van der Waals surface area contributed by atoms with Crippen LogP contribution in [0.1, 0.15) is 40.5 Å². The van der Waals surface area contributed by atoms with Crippen molar-refractivity contribution < 1.29 is 0 Å². The van der Waals surface area contributed by atoms with E-state index in [0.29, 0.717) is 12.1 Å². The molecule has 0 saturated heterocycles. The standard InChI is InChI=1S/C19H26N2S/c1-5-14(3)21(15(4)6-2)19(22)20-18-13-9-11-16-10-7-8-12-17(16)18/h7-15H,5-6H2,1-4H3,(H,20,22). The van der Waals surface area contributed by atoms with Crippen molar-refractivity contribution in [2.75, 3.05) is 5.32 Å². The van der Waals surface area contributed by atoms with Crippen LogP contribution in [0, 0.1) is 0 Å². The van der Waals surface area contributed by atoms with E-state index in [0.717, 1.165) is 23.6 Å². The zero-order valence-corrected chi connectivity index (χ0v) is 14.8. The van der Waals surface area contributed by atoms with E-state index in [9.17, 15) is 0 Å². The Hall–Kier alpha value is -1.61. The fraction of sp³-hybridized carbons (Fsp3) is 0.421. The Balaban J connectivity index is 2.28. The molecule has 0 aromatic heterocycles. The summed E-state index contributed by atoms with van der Waals surface area (Å²) in [7, 11) is 0. The number of nitrogens with one attached hydrogen (secondary N) is 1. The van der Waals surface area contributed by atoms with Crippen molar-refractivity contribution in [3.05, 3.63) is 42.5 Å². The molecule has 0 radical (unpaired) electrons. The van der Waals surface area contributed by atoms with Gasteiger partial charge in [-0.05, 0) is 50.4 Å². The van der Waals surface area contributed by atoms with Gasteiger partial charge in [-0.3, -0.25) is 0 Å². The number of fused-ring (bicyclic) bond motifs is 1. The van der Waals surface area contributed by atoms with Crippen molar-refractivity contribution in [1.82, 2.24) is 4.90 Å². The van der Waals surface area contributed by atoms with E-state index in [1.807, 2.05) is 0 Å². The van der Waals surface area contributed by atoms with Crippen molar-refractivity contribution in [2.24, 2.45) is 0 Å². The fourth-order valence-electron chi connectivity index (χ4n) is 2.74. The molecule has 0 aliphatic rings. The highest BCUT2D eigenvalue weighted by molar-refractivity contribution is 7.80. The minimum absolute atomic E-state index is 0.435. The van der Waals surface area contributed by atoms with Crippen LogP contribution in [0.4, 0.5) is 5.69 Å². The number of thiocarbonyl (C=S) groups is 1. The molecule has 2 rings (SSSR count). The number of rotatable bonds is 5. The number of hydrogen-bond donors (Lipinski definition) is 1. The van der Waals surface area contributed by atoms with Crippen LogP contribution in [0.2, 0.25) is 0 Å². The van der Waals surface area contributed by atoms with E-state index >= 15 is 0 Å². The summed E-state index contributed by atoms with van der Waals surface area (Å²) < 4.78 is 0. The molecular weight excluding hydrogens is 288 g/mol. The van der Waals surface area contributed by atoms with Gasteiger partial charge < -0.3 is 10.2 Å². The summed E-state index contributed by atoms with van der Waals surface area (Å²) in [6.07, 6.45) is 2.17. The number of anilines is 1. The zero-order valence-electron chi connectivity index (χ0n) is 14.0. The lowest BCUT2D eigenvalue weighted by Gasteiger charge is -2.36. The van der Waals surface area contributed by atoms with Gasteiger partial charge in [-0.1, -0.05) is 50.2 Å². The first-order valence-electron chi connectivity index (χ1n) is 8.15. The van der Waals surface area contributed by atoms with Crippen LogP contribution >= 0.6 is 12.2 Å². The maximum absolute atomic E-state index is 5.72. The van der Waals surface area contributed by atoms with Gasteiger partial charge in [0.2, 0.25) is 0 Å². The van der Waals surface area contributed by atoms with Crippen LogP contribution in [-0.2, 0) is 0 Å². The van der Waals surface area contributed by atoms with Gasteiger partial charge in [0.15, 0.2) is 5.11 Å². The van der Waals surface area contributed by atoms with Crippen LogP contribution in [-0.4, -0.2) is 22.1 Å². The molecule has 0 aliphatic carbocycles. The molecule has 2 aromatic carbocycles. The van der Waals surface area contributed by atoms with E-state index < -0.39 is 0 Å². The van der Waals surface area contributed by atoms with Crippen LogP contribution in [0.5, 0.6) is 0 Å². The molecule has 2 aromatic rings. The Labute approximate surface area is 139 Å². The van der Waals surface area contributed by atoms with E-state index in [-0.39, 0.29) is 0 Å². The van der Waals surface area contributed by atoms with Gasteiger partial charge >= 0.3 is 0 Å². The second-order valence-corrected chi connectivity index (χ2v) is 6.27. The fourth-order valence-corrected chi connectivity index (χ4v) is 3.21. The third-order valence-corrected chi connectivity index (χ3v) is 4.71. The van der Waals surface area contributed by atoms with E-state index in [1.54, 1.807) is 0 Å². The number of benzene rings is 2. The second kappa shape index (κ2) is 7.59. The molecule has 22 heavy (non-hydrogen) atoms. The maximum atomic E-state index is 5.72. The van der Waals surface area contributed by atoms with Crippen LogP contribution in [0.25, 0.3) is 10.8 Å². The minimum atomic E-state index is 0.435. The van der Waals surface area contributed by atoms with Crippen LogP contribution in [0.3, 0.4) is 0 Å². The molecule has 0 heterocycles. The van der Waals surface area contributed by atoms with E-state index in [2.05, 4.69) is 80.4 Å². The van der Waals surface area contributed by atoms with E-state index in [1.165, 1.54) is 10.8 Å². The highest BCUT2D eigenvalue weighted by Crippen LogP contribution is 2.24. The summed E-state index contributed by atoms with van der Waals surface area (Å²) in [6, 6.07) is 15.6. The third kappa shape index (κ3) is 3.58. The first-order valence-corrected chi connectivity index (χ1v) is 8.56. The molecule has 2 unspecified atom stereocenters. The predicted octanol–water partition coefficient (Wildman–Crippen LogP) is 5.44. The molecule has 2 atom stereocenters. The molecule has 3 heteroatoms. The first-order chi connectivity index (χ1) is 10.6. The molecule has 0 saturated carbocycles. The topological polar surface area (TPSA) is 15.3 Å². The normalized spacial score (nSPS) is 13.6. The third-order valence-electron chi connectivity index (χ3n) is 4.40. The van der Waals surface area contributed by atoms with E-state index in [4.69, 9.17) is 12.2 Å². The van der Waals surface area contributed by atoms with Crippen molar-refractivity contribution >= 4 is 33.8 Å². The summed E-state index contributed by atoms with van der Waals surface area (Å²) in [5.41, 5.74) is 1.08. The second-order valence-electron chi connectivity index (χ2n) is 5.88. The Kier molecular flexibility index (Phi) is 5.78. The monoisotopic (exact) mass is 314 g/mol. The highest BCUT2D eigenvalue weighted by Gasteiger charge is 2.21. The number of nitrogens with zero attached hydrogens (tertiary/aromatic N) is 1. The van der Waals surface area contributed by atoms with Crippen LogP contribution < -0.4 is 5.32 Å². The molecule has 118 valence electrons. The van der Waals surface area contributed by atoms with Gasteiger partial charge in [-0.25, -0.2) is 0 Å².